The Morgan fingerprint density at radius 1 is 1.50 bits per heavy atom. The molecule has 1 aromatic heterocycles. The topological polar surface area (TPSA) is 37.8 Å². The summed E-state index contributed by atoms with van der Waals surface area (Å²) in [7, 11) is -0.753. The van der Waals surface area contributed by atoms with Crippen LogP contribution in [-0.4, -0.2) is 25.3 Å². The van der Waals surface area contributed by atoms with Gasteiger partial charge in [-0.2, -0.15) is 0 Å². The third kappa shape index (κ3) is 3.28. The first kappa shape index (κ1) is 13.6. The average molecular weight is 260 g/mol. The number of nitrogens with zero attached hydrogens (tertiary/aromatic N) is 1. The van der Waals surface area contributed by atoms with Gasteiger partial charge in [-0.05, 0) is 24.6 Å². The van der Waals surface area contributed by atoms with Crippen molar-refractivity contribution in [1.29, 1.82) is 0 Å². The van der Waals surface area contributed by atoms with Gasteiger partial charge in [-0.15, -0.1) is 0 Å². The molecule has 0 fully saturated rings. The Kier molecular flexibility index (Phi) is 4.92. The molecule has 0 saturated heterocycles. The summed E-state index contributed by atoms with van der Waals surface area (Å²) in [5.74, 6) is 0.454. The minimum atomic E-state index is -0.753. The van der Waals surface area contributed by atoms with Crippen LogP contribution < -0.4 is 0 Å². The Morgan fingerprint density at radius 2 is 2.12 bits per heavy atom. The molecule has 5 heteroatoms. The fourth-order valence-electron chi connectivity index (χ4n) is 1.59. The van der Waals surface area contributed by atoms with Gasteiger partial charge in [0.15, 0.2) is 4.77 Å². The summed E-state index contributed by atoms with van der Waals surface area (Å²) in [5.41, 5.74) is 1.22. The highest BCUT2D eigenvalue weighted by Gasteiger charge is 2.11. The van der Waals surface area contributed by atoms with E-state index >= 15 is 0 Å². The molecular weight excluding hydrogens is 240 g/mol. The van der Waals surface area contributed by atoms with Gasteiger partial charge in [0.05, 0.1) is 0 Å². The van der Waals surface area contributed by atoms with E-state index in [0.717, 1.165) is 17.7 Å². The molecular formula is C11H20N2OS2. The van der Waals surface area contributed by atoms with Gasteiger partial charge in [-0.25, -0.2) is 0 Å². The molecule has 0 amide bonds. The Balaban J connectivity index is 2.77. The minimum absolute atomic E-state index is 0.219. The molecule has 0 aliphatic rings. The van der Waals surface area contributed by atoms with Crippen LogP contribution in [0.1, 0.15) is 38.8 Å². The summed E-state index contributed by atoms with van der Waals surface area (Å²) in [6.45, 7) is 7.16. The molecule has 16 heavy (non-hydrogen) atoms. The summed E-state index contributed by atoms with van der Waals surface area (Å²) >= 11 is 5.24. The Labute approximate surface area is 105 Å². The molecule has 2 atom stereocenters. The number of hydrogen-bond donors (Lipinski definition) is 1. The molecule has 0 radical (unpaired) electrons. The lowest BCUT2D eigenvalue weighted by Gasteiger charge is -2.13. The van der Waals surface area contributed by atoms with Crippen LogP contribution >= 0.6 is 12.2 Å². The number of aromatic amines is 1. The standard InChI is InChI=1S/C11H20N2OS2/c1-8(2)10-7-12-11(15)13(10)6-5-9(3)16(4)14/h7-9H,5-6H2,1-4H3,(H,12,15). The Morgan fingerprint density at radius 3 is 2.62 bits per heavy atom. The molecule has 0 aliphatic heterocycles. The van der Waals surface area contributed by atoms with E-state index in [1.54, 1.807) is 6.26 Å². The zero-order chi connectivity index (χ0) is 12.3. The first-order valence-corrected chi connectivity index (χ1v) is 7.56. The average Bonchev–Trinajstić information content (AvgIpc) is 2.56. The van der Waals surface area contributed by atoms with Crippen LogP contribution in [0.15, 0.2) is 6.20 Å². The molecule has 1 N–H and O–H groups in total. The summed E-state index contributed by atoms with van der Waals surface area (Å²) < 4.78 is 14.2. The second kappa shape index (κ2) is 5.77. The van der Waals surface area contributed by atoms with Crippen LogP contribution in [-0.2, 0) is 17.3 Å². The van der Waals surface area contributed by atoms with E-state index in [0.29, 0.717) is 5.92 Å². The van der Waals surface area contributed by atoms with Gasteiger partial charge in [-0.1, -0.05) is 20.8 Å². The van der Waals surface area contributed by atoms with Gasteiger partial charge in [0.1, 0.15) is 0 Å². The van der Waals surface area contributed by atoms with Crippen molar-refractivity contribution < 1.29 is 4.21 Å². The molecule has 0 aliphatic carbocycles. The first-order valence-electron chi connectivity index (χ1n) is 5.53. The maximum atomic E-state index is 11.3. The number of nitrogens with one attached hydrogen (secondary N) is 1. The number of aromatic nitrogens is 2. The van der Waals surface area contributed by atoms with Gasteiger partial charge >= 0.3 is 0 Å². The third-order valence-electron chi connectivity index (χ3n) is 2.82. The highest BCUT2D eigenvalue weighted by molar-refractivity contribution is 7.84. The van der Waals surface area contributed by atoms with Crippen molar-refractivity contribution in [2.45, 2.75) is 44.9 Å². The van der Waals surface area contributed by atoms with Gasteiger partial charge in [-0.3, -0.25) is 4.21 Å². The van der Waals surface area contributed by atoms with E-state index in [2.05, 4.69) is 23.4 Å². The second-order valence-electron chi connectivity index (χ2n) is 4.42. The van der Waals surface area contributed by atoms with Gasteiger partial charge in [0.2, 0.25) is 0 Å². The largest absolute Gasteiger partial charge is 0.337 e. The van der Waals surface area contributed by atoms with Crippen LogP contribution in [0.4, 0.5) is 0 Å². The van der Waals surface area contributed by atoms with Crippen LogP contribution in [0.3, 0.4) is 0 Å². The van der Waals surface area contributed by atoms with Crippen molar-refractivity contribution in [3.8, 4) is 0 Å². The maximum absolute atomic E-state index is 11.3. The van der Waals surface area contributed by atoms with E-state index in [1.165, 1.54) is 5.69 Å². The molecule has 1 aromatic rings. The van der Waals surface area contributed by atoms with Crippen molar-refractivity contribution in [3.63, 3.8) is 0 Å². The fraction of sp³-hybridized carbons (Fsp3) is 0.727. The van der Waals surface area contributed by atoms with Crippen molar-refractivity contribution >= 4 is 23.0 Å². The summed E-state index contributed by atoms with van der Waals surface area (Å²) in [4.78, 5) is 3.07. The van der Waals surface area contributed by atoms with Crippen molar-refractivity contribution in [2.24, 2.45) is 0 Å². The number of rotatable bonds is 5. The third-order valence-corrected chi connectivity index (χ3v) is 4.52. The molecule has 92 valence electrons. The van der Waals surface area contributed by atoms with E-state index in [9.17, 15) is 4.21 Å². The van der Waals surface area contributed by atoms with Gasteiger partial charge < -0.3 is 9.55 Å². The monoisotopic (exact) mass is 260 g/mol. The molecule has 3 nitrogen and oxygen atoms in total. The van der Waals surface area contributed by atoms with E-state index in [1.807, 2.05) is 13.1 Å². The van der Waals surface area contributed by atoms with E-state index in [-0.39, 0.29) is 5.25 Å². The fourth-order valence-corrected chi connectivity index (χ4v) is 2.29. The first-order chi connectivity index (χ1) is 7.43. The van der Waals surface area contributed by atoms with Crippen molar-refractivity contribution in [2.75, 3.05) is 6.26 Å². The summed E-state index contributed by atoms with van der Waals surface area (Å²) in [6, 6.07) is 0. The number of H-pyrrole nitrogens is 1. The Bertz CT molecular complexity index is 420. The highest BCUT2D eigenvalue weighted by atomic mass is 32.2. The van der Waals surface area contributed by atoms with Crippen LogP contribution in [0, 0.1) is 4.77 Å². The SMILES string of the molecule is CC(C)c1c[nH]c(=S)n1CCC(C)S(C)=O. The Hall–Kier alpha value is -0.420. The second-order valence-corrected chi connectivity index (χ2v) is 6.61. The normalized spacial score (nSPS) is 15.3. The molecule has 0 spiro atoms. The molecule has 0 aromatic carbocycles. The lowest BCUT2D eigenvalue weighted by molar-refractivity contribution is 0.583. The van der Waals surface area contributed by atoms with Crippen molar-refractivity contribution in [1.82, 2.24) is 9.55 Å². The predicted octanol–water partition coefficient (Wildman–Crippen LogP) is 2.83. The molecule has 1 rings (SSSR count). The zero-order valence-corrected chi connectivity index (χ0v) is 12.0. The quantitative estimate of drug-likeness (QED) is 0.827. The van der Waals surface area contributed by atoms with Gasteiger partial charge in [0, 0.05) is 40.7 Å². The zero-order valence-electron chi connectivity index (χ0n) is 10.3. The summed E-state index contributed by atoms with van der Waals surface area (Å²) in [5, 5.41) is 0.219. The van der Waals surface area contributed by atoms with Crippen LogP contribution in [0.2, 0.25) is 0 Å². The molecule has 0 bridgehead atoms. The molecule has 0 saturated carbocycles. The van der Waals surface area contributed by atoms with Crippen LogP contribution in [0.25, 0.3) is 0 Å². The van der Waals surface area contributed by atoms with E-state index < -0.39 is 10.8 Å². The number of hydrogen-bond acceptors (Lipinski definition) is 2. The van der Waals surface area contributed by atoms with Crippen molar-refractivity contribution in [3.05, 3.63) is 16.7 Å². The summed E-state index contributed by atoms with van der Waals surface area (Å²) in [6.07, 6.45) is 4.62. The lowest BCUT2D eigenvalue weighted by atomic mass is 10.1. The highest BCUT2D eigenvalue weighted by Crippen LogP contribution is 2.15. The van der Waals surface area contributed by atoms with Crippen LogP contribution in [0.5, 0.6) is 0 Å². The maximum Gasteiger partial charge on any atom is 0.177 e. The van der Waals surface area contributed by atoms with E-state index in [4.69, 9.17) is 12.2 Å². The molecule has 1 heterocycles. The predicted molar refractivity (Wildman–Crippen MR) is 71.9 cm³/mol. The van der Waals surface area contributed by atoms with Gasteiger partial charge in [0.25, 0.3) is 0 Å². The minimum Gasteiger partial charge on any atom is -0.337 e. The lowest BCUT2D eigenvalue weighted by Crippen LogP contribution is -2.14. The molecule has 2 unspecified atom stereocenters. The number of imidazole rings is 1. The smallest absolute Gasteiger partial charge is 0.177 e.